The molecule has 0 aliphatic carbocycles. The standard InChI is InChI=1S/C14H12N2O3/c15-14(18)10-4-1-2-5-11(10)16-8-7-12(17)13-6-3-9-19-13/h1-9,16H,(H2,15,18)/b8-7+. The molecule has 1 aromatic carbocycles. The van der Waals surface area contributed by atoms with Gasteiger partial charge in [0, 0.05) is 12.3 Å². The van der Waals surface area contributed by atoms with Crippen LogP contribution < -0.4 is 11.1 Å². The highest BCUT2D eigenvalue weighted by atomic mass is 16.3. The van der Waals surface area contributed by atoms with Gasteiger partial charge in [-0.2, -0.15) is 0 Å². The number of nitrogens with one attached hydrogen (secondary N) is 1. The van der Waals surface area contributed by atoms with Crippen LogP contribution in [0.5, 0.6) is 0 Å². The molecule has 3 N–H and O–H groups in total. The highest BCUT2D eigenvalue weighted by Crippen LogP contribution is 2.14. The molecule has 0 saturated carbocycles. The van der Waals surface area contributed by atoms with E-state index in [1.165, 1.54) is 18.5 Å². The van der Waals surface area contributed by atoms with E-state index in [0.717, 1.165) is 0 Å². The van der Waals surface area contributed by atoms with E-state index in [4.69, 9.17) is 10.2 Å². The van der Waals surface area contributed by atoms with Crippen molar-refractivity contribution in [2.45, 2.75) is 0 Å². The lowest BCUT2D eigenvalue weighted by Gasteiger charge is -2.05. The van der Waals surface area contributed by atoms with Gasteiger partial charge in [0.2, 0.25) is 5.78 Å². The number of carbonyl (C=O) groups excluding carboxylic acids is 2. The molecule has 2 rings (SSSR count). The molecule has 0 aliphatic rings. The number of allylic oxidation sites excluding steroid dienone is 1. The highest BCUT2D eigenvalue weighted by molar-refractivity contribution is 6.03. The molecule has 0 spiro atoms. The van der Waals surface area contributed by atoms with Crippen molar-refractivity contribution in [3.8, 4) is 0 Å². The van der Waals surface area contributed by atoms with Crippen molar-refractivity contribution in [2.24, 2.45) is 5.73 Å². The molecule has 1 heterocycles. The van der Waals surface area contributed by atoms with Crippen molar-refractivity contribution < 1.29 is 14.0 Å². The fourth-order valence-corrected chi connectivity index (χ4v) is 1.53. The first kappa shape index (κ1) is 12.6. The van der Waals surface area contributed by atoms with Crippen LogP contribution in [-0.2, 0) is 0 Å². The molecule has 0 fully saturated rings. The number of rotatable bonds is 5. The lowest BCUT2D eigenvalue weighted by Crippen LogP contribution is -2.12. The Hall–Kier alpha value is -2.82. The molecule has 5 nitrogen and oxygen atoms in total. The van der Waals surface area contributed by atoms with E-state index >= 15 is 0 Å². The average Bonchev–Trinajstić information content (AvgIpc) is 2.93. The Morgan fingerprint density at radius 2 is 1.95 bits per heavy atom. The number of amides is 1. The van der Waals surface area contributed by atoms with Crippen LogP contribution in [-0.4, -0.2) is 11.7 Å². The summed E-state index contributed by atoms with van der Waals surface area (Å²) in [5.41, 5.74) is 6.14. The van der Waals surface area contributed by atoms with Crippen molar-refractivity contribution in [2.75, 3.05) is 5.32 Å². The fourth-order valence-electron chi connectivity index (χ4n) is 1.53. The van der Waals surface area contributed by atoms with Crippen molar-refractivity contribution in [3.63, 3.8) is 0 Å². The van der Waals surface area contributed by atoms with Crippen molar-refractivity contribution in [1.82, 2.24) is 0 Å². The number of para-hydroxylation sites is 1. The van der Waals surface area contributed by atoms with E-state index in [9.17, 15) is 9.59 Å². The number of furan rings is 1. The smallest absolute Gasteiger partial charge is 0.250 e. The summed E-state index contributed by atoms with van der Waals surface area (Å²) in [5.74, 6) is -0.552. The summed E-state index contributed by atoms with van der Waals surface area (Å²) in [6.45, 7) is 0. The van der Waals surface area contributed by atoms with E-state index < -0.39 is 5.91 Å². The first-order valence-electron chi connectivity index (χ1n) is 5.58. The van der Waals surface area contributed by atoms with Crippen LogP contribution >= 0.6 is 0 Å². The Kier molecular flexibility index (Phi) is 3.78. The zero-order valence-electron chi connectivity index (χ0n) is 10.00. The molecule has 1 aromatic heterocycles. The molecule has 1 amide bonds. The maximum Gasteiger partial charge on any atom is 0.250 e. The average molecular weight is 256 g/mol. The predicted molar refractivity (Wildman–Crippen MR) is 70.8 cm³/mol. The maximum atomic E-state index is 11.6. The number of hydrogen-bond acceptors (Lipinski definition) is 4. The Morgan fingerprint density at radius 1 is 1.16 bits per heavy atom. The number of anilines is 1. The number of carbonyl (C=O) groups is 2. The summed E-state index contributed by atoms with van der Waals surface area (Å²) in [6, 6.07) is 9.98. The van der Waals surface area contributed by atoms with Crippen molar-refractivity contribution in [3.05, 3.63) is 66.3 Å². The largest absolute Gasteiger partial charge is 0.461 e. The lowest BCUT2D eigenvalue weighted by molar-refractivity contribution is 0.0998. The van der Waals surface area contributed by atoms with Crippen LogP contribution in [0.4, 0.5) is 5.69 Å². The molecule has 0 saturated heterocycles. The second-order valence-electron chi connectivity index (χ2n) is 3.73. The molecular formula is C14H12N2O3. The molecule has 5 heteroatoms. The van der Waals surface area contributed by atoms with E-state index in [0.29, 0.717) is 11.3 Å². The first-order valence-corrected chi connectivity index (χ1v) is 5.58. The quantitative estimate of drug-likeness (QED) is 0.634. The van der Waals surface area contributed by atoms with Crippen molar-refractivity contribution >= 4 is 17.4 Å². The second-order valence-corrected chi connectivity index (χ2v) is 3.73. The summed E-state index contributed by atoms with van der Waals surface area (Å²) >= 11 is 0. The van der Waals surface area contributed by atoms with Crippen LogP contribution in [0.25, 0.3) is 0 Å². The minimum absolute atomic E-state index is 0.251. The molecule has 0 atom stereocenters. The predicted octanol–water partition coefficient (Wildman–Crippen LogP) is 2.19. The molecule has 0 bridgehead atoms. The van der Waals surface area contributed by atoms with Gasteiger partial charge in [-0.1, -0.05) is 12.1 Å². The minimum atomic E-state index is -0.533. The van der Waals surface area contributed by atoms with E-state index in [1.807, 2.05) is 0 Å². The van der Waals surface area contributed by atoms with Gasteiger partial charge in [-0.05, 0) is 24.3 Å². The summed E-state index contributed by atoms with van der Waals surface area (Å²) in [6.07, 6.45) is 4.18. The summed E-state index contributed by atoms with van der Waals surface area (Å²) in [4.78, 5) is 22.8. The Labute approximate surface area is 109 Å². The van der Waals surface area contributed by atoms with Gasteiger partial charge in [-0.25, -0.2) is 0 Å². The lowest BCUT2D eigenvalue weighted by atomic mass is 10.1. The SMILES string of the molecule is NC(=O)c1ccccc1N/C=C/C(=O)c1ccco1. The number of nitrogens with two attached hydrogens (primary N) is 1. The maximum absolute atomic E-state index is 11.6. The van der Waals surface area contributed by atoms with Gasteiger partial charge in [0.05, 0.1) is 17.5 Å². The van der Waals surface area contributed by atoms with Crippen LogP contribution in [0.15, 0.2) is 59.4 Å². The van der Waals surface area contributed by atoms with Crippen LogP contribution in [0.1, 0.15) is 20.9 Å². The first-order chi connectivity index (χ1) is 9.18. The monoisotopic (exact) mass is 256 g/mol. The number of primary amides is 1. The van der Waals surface area contributed by atoms with Crippen LogP contribution in [0, 0.1) is 0 Å². The van der Waals surface area contributed by atoms with E-state index in [-0.39, 0.29) is 11.5 Å². The number of benzene rings is 1. The third-order valence-electron chi connectivity index (χ3n) is 2.43. The Balaban J connectivity index is 2.07. The van der Waals surface area contributed by atoms with E-state index in [2.05, 4.69) is 5.32 Å². The van der Waals surface area contributed by atoms with Gasteiger partial charge < -0.3 is 15.5 Å². The van der Waals surface area contributed by atoms with Gasteiger partial charge in [-0.15, -0.1) is 0 Å². The summed E-state index contributed by atoms with van der Waals surface area (Å²) in [5, 5.41) is 2.84. The summed E-state index contributed by atoms with van der Waals surface area (Å²) < 4.78 is 4.96. The molecule has 96 valence electrons. The third-order valence-corrected chi connectivity index (χ3v) is 2.43. The zero-order valence-corrected chi connectivity index (χ0v) is 10.00. The topological polar surface area (TPSA) is 85.3 Å². The Bertz CT molecular complexity index is 615. The highest BCUT2D eigenvalue weighted by Gasteiger charge is 2.06. The molecule has 0 radical (unpaired) electrons. The second kappa shape index (κ2) is 5.68. The third kappa shape index (κ3) is 3.10. The van der Waals surface area contributed by atoms with Gasteiger partial charge in [-0.3, -0.25) is 9.59 Å². The van der Waals surface area contributed by atoms with Crippen LogP contribution in [0.3, 0.4) is 0 Å². The normalized spacial score (nSPS) is 10.5. The number of hydrogen-bond donors (Lipinski definition) is 2. The molecule has 2 aromatic rings. The van der Waals surface area contributed by atoms with Crippen molar-refractivity contribution in [1.29, 1.82) is 0 Å². The molecule has 0 aliphatic heterocycles. The van der Waals surface area contributed by atoms with Gasteiger partial charge in [0.15, 0.2) is 5.76 Å². The van der Waals surface area contributed by atoms with Gasteiger partial charge >= 0.3 is 0 Å². The van der Waals surface area contributed by atoms with E-state index in [1.54, 1.807) is 36.4 Å². The van der Waals surface area contributed by atoms with Crippen LogP contribution in [0.2, 0.25) is 0 Å². The molecule has 19 heavy (non-hydrogen) atoms. The summed E-state index contributed by atoms with van der Waals surface area (Å²) in [7, 11) is 0. The van der Waals surface area contributed by atoms with Gasteiger partial charge in [0.25, 0.3) is 5.91 Å². The zero-order chi connectivity index (χ0) is 13.7. The van der Waals surface area contributed by atoms with Gasteiger partial charge in [0.1, 0.15) is 0 Å². The molecule has 0 unspecified atom stereocenters. The minimum Gasteiger partial charge on any atom is -0.461 e. The fraction of sp³-hybridized carbons (Fsp3) is 0. The Morgan fingerprint density at radius 3 is 2.63 bits per heavy atom. The molecular weight excluding hydrogens is 244 g/mol. The number of ketones is 1.